The Kier molecular flexibility index (Phi) is 4.96. The predicted octanol–water partition coefficient (Wildman–Crippen LogP) is 3.39. The lowest BCUT2D eigenvalue weighted by Crippen LogP contribution is -2.31. The van der Waals surface area contributed by atoms with Crippen molar-refractivity contribution in [2.45, 2.75) is 13.8 Å². The smallest absolute Gasteiger partial charge is 0.335 e. The van der Waals surface area contributed by atoms with E-state index in [2.05, 4.69) is 9.98 Å². The van der Waals surface area contributed by atoms with E-state index in [-0.39, 0.29) is 16.3 Å². The van der Waals surface area contributed by atoms with Crippen LogP contribution in [0.3, 0.4) is 0 Å². The van der Waals surface area contributed by atoms with E-state index in [1.165, 1.54) is 12.1 Å². The van der Waals surface area contributed by atoms with E-state index in [0.717, 1.165) is 28.0 Å². The van der Waals surface area contributed by atoms with E-state index in [9.17, 15) is 19.1 Å². The van der Waals surface area contributed by atoms with Gasteiger partial charge < -0.3 is 5.11 Å². The van der Waals surface area contributed by atoms with Crippen molar-refractivity contribution in [1.29, 1.82) is 0 Å². The number of nitrogens with zero attached hydrogens (tertiary/aromatic N) is 2. The van der Waals surface area contributed by atoms with Gasteiger partial charge >= 0.3 is 5.69 Å². The van der Waals surface area contributed by atoms with Crippen LogP contribution in [0.1, 0.15) is 16.7 Å². The van der Waals surface area contributed by atoms with E-state index in [1.54, 1.807) is 19.1 Å². The molecular formula is C19H15ClFN3O3. The van der Waals surface area contributed by atoms with Crippen molar-refractivity contribution in [3.63, 3.8) is 0 Å². The molecule has 0 fully saturated rings. The maximum absolute atomic E-state index is 13.2. The summed E-state index contributed by atoms with van der Waals surface area (Å²) in [6.07, 6.45) is 1.10. The second-order valence-electron chi connectivity index (χ2n) is 5.98. The lowest BCUT2D eigenvalue weighted by molar-refractivity contribution is 0.430. The fraction of sp³-hybridized carbons (Fsp3) is 0.105. The number of aromatic hydroxyl groups is 1. The van der Waals surface area contributed by atoms with Gasteiger partial charge in [0, 0.05) is 6.21 Å². The van der Waals surface area contributed by atoms with Gasteiger partial charge in [-0.15, -0.1) is 0 Å². The van der Waals surface area contributed by atoms with Gasteiger partial charge in [0.15, 0.2) is 0 Å². The second-order valence-corrected chi connectivity index (χ2v) is 6.39. The van der Waals surface area contributed by atoms with Crippen molar-refractivity contribution in [2.75, 3.05) is 0 Å². The summed E-state index contributed by atoms with van der Waals surface area (Å²) >= 11 is 5.70. The maximum atomic E-state index is 13.2. The number of hydrogen-bond donors (Lipinski definition) is 2. The number of halogens is 2. The molecule has 2 N–H and O–H groups in total. The molecule has 0 amide bonds. The SMILES string of the molecule is Cc1ccc(C)c(-n2c(O)c(C=Nc3ccc(F)c(Cl)c3)c(=O)[nH]c2=O)c1. The van der Waals surface area contributed by atoms with Crippen molar-refractivity contribution in [1.82, 2.24) is 9.55 Å². The van der Waals surface area contributed by atoms with Gasteiger partial charge in [0.05, 0.1) is 16.4 Å². The standard InChI is InChI=1S/C19H15ClFN3O3/c1-10-3-4-11(2)16(7-10)24-18(26)13(17(25)23-19(24)27)9-22-12-5-6-15(21)14(20)8-12/h3-9,26H,1-2H3,(H,23,25,27). The van der Waals surface area contributed by atoms with E-state index in [1.807, 2.05) is 13.0 Å². The van der Waals surface area contributed by atoms with Crippen LogP contribution in [0.4, 0.5) is 10.1 Å². The van der Waals surface area contributed by atoms with E-state index < -0.39 is 22.9 Å². The highest BCUT2D eigenvalue weighted by Gasteiger charge is 2.15. The molecule has 0 aliphatic heterocycles. The number of aryl methyl sites for hydroxylation is 2. The highest BCUT2D eigenvalue weighted by molar-refractivity contribution is 6.31. The number of aliphatic imine (C=N–C) groups is 1. The molecule has 0 saturated heterocycles. The van der Waals surface area contributed by atoms with Crippen LogP contribution in [0.25, 0.3) is 5.69 Å². The quantitative estimate of drug-likeness (QED) is 0.675. The van der Waals surface area contributed by atoms with Crippen LogP contribution in [0.2, 0.25) is 5.02 Å². The van der Waals surface area contributed by atoms with Gasteiger partial charge in [-0.3, -0.25) is 14.8 Å². The van der Waals surface area contributed by atoms with Crippen molar-refractivity contribution >= 4 is 23.5 Å². The fourth-order valence-electron chi connectivity index (χ4n) is 2.54. The number of H-pyrrole nitrogens is 1. The molecular weight excluding hydrogens is 373 g/mol. The van der Waals surface area contributed by atoms with Gasteiger partial charge in [-0.25, -0.2) is 13.8 Å². The molecule has 0 radical (unpaired) electrons. The molecule has 6 nitrogen and oxygen atoms in total. The number of hydrogen-bond acceptors (Lipinski definition) is 4. The van der Waals surface area contributed by atoms with Crippen molar-refractivity contribution in [3.05, 3.63) is 84.8 Å². The van der Waals surface area contributed by atoms with Crippen LogP contribution in [0, 0.1) is 19.7 Å². The minimum absolute atomic E-state index is 0.122. The Labute approximate surface area is 158 Å². The summed E-state index contributed by atoms with van der Waals surface area (Å²) < 4.78 is 14.2. The monoisotopic (exact) mass is 387 g/mol. The molecule has 3 aromatic rings. The zero-order chi connectivity index (χ0) is 19.7. The van der Waals surface area contributed by atoms with E-state index in [0.29, 0.717) is 5.69 Å². The number of rotatable bonds is 3. The van der Waals surface area contributed by atoms with Crippen LogP contribution >= 0.6 is 11.6 Å². The first-order valence-corrected chi connectivity index (χ1v) is 8.31. The zero-order valence-corrected chi connectivity index (χ0v) is 15.2. The number of aromatic nitrogens is 2. The Bertz CT molecular complexity index is 1180. The molecule has 27 heavy (non-hydrogen) atoms. The maximum Gasteiger partial charge on any atom is 0.335 e. The third-order valence-electron chi connectivity index (χ3n) is 3.97. The second kappa shape index (κ2) is 7.20. The Morgan fingerprint density at radius 1 is 1.19 bits per heavy atom. The minimum atomic E-state index is -0.795. The third-order valence-corrected chi connectivity index (χ3v) is 4.26. The molecule has 0 spiro atoms. The van der Waals surface area contributed by atoms with E-state index >= 15 is 0 Å². The number of benzene rings is 2. The molecule has 138 valence electrons. The first-order chi connectivity index (χ1) is 12.8. The summed E-state index contributed by atoms with van der Waals surface area (Å²) in [5, 5.41) is 10.4. The molecule has 1 heterocycles. The van der Waals surface area contributed by atoms with E-state index in [4.69, 9.17) is 11.6 Å². The van der Waals surface area contributed by atoms with Crippen LogP contribution in [0.15, 0.2) is 51.0 Å². The predicted molar refractivity (Wildman–Crippen MR) is 102 cm³/mol. The molecule has 0 saturated carbocycles. The molecule has 0 aliphatic rings. The van der Waals surface area contributed by atoms with Crippen molar-refractivity contribution in [3.8, 4) is 11.6 Å². The third kappa shape index (κ3) is 3.68. The average molecular weight is 388 g/mol. The first-order valence-electron chi connectivity index (χ1n) is 7.93. The zero-order valence-electron chi connectivity index (χ0n) is 14.5. The van der Waals surface area contributed by atoms with Crippen LogP contribution in [-0.4, -0.2) is 20.9 Å². The Morgan fingerprint density at radius 2 is 1.93 bits per heavy atom. The molecule has 2 aromatic carbocycles. The lowest BCUT2D eigenvalue weighted by Gasteiger charge is -2.12. The minimum Gasteiger partial charge on any atom is -0.493 e. The summed E-state index contributed by atoms with van der Waals surface area (Å²) in [7, 11) is 0. The van der Waals surface area contributed by atoms with Crippen LogP contribution in [0.5, 0.6) is 5.88 Å². The Hall–Kier alpha value is -3.19. The van der Waals surface area contributed by atoms with Crippen LogP contribution < -0.4 is 11.2 Å². The van der Waals surface area contributed by atoms with Gasteiger partial charge in [0.1, 0.15) is 11.4 Å². The summed E-state index contributed by atoms with van der Waals surface area (Å²) in [6, 6.07) is 9.16. The fourth-order valence-corrected chi connectivity index (χ4v) is 2.72. The summed E-state index contributed by atoms with van der Waals surface area (Å²) in [5.74, 6) is -1.14. The number of nitrogens with one attached hydrogen (secondary N) is 1. The highest BCUT2D eigenvalue weighted by atomic mass is 35.5. The van der Waals surface area contributed by atoms with Gasteiger partial charge in [0.2, 0.25) is 5.88 Å². The van der Waals surface area contributed by atoms with Crippen LogP contribution in [-0.2, 0) is 0 Å². The van der Waals surface area contributed by atoms with Gasteiger partial charge in [-0.1, -0.05) is 23.7 Å². The largest absolute Gasteiger partial charge is 0.493 e. The molecule has 3 rings (SSSR count). The Morgan fingerprint density at radius 3 is 2.63 bits per heavy atom. The van der Waals surface area contributed by atoms with Crippen molar-refractivity contribution < 1.29 is 9.50 Å². The number of aromatic amines is 1. The van der Waals surface area contributed by atoms with Gasteiger partial charge in [-0.05, 0) is 49.2 Å². The van der Waals surface area contributed by atoms with Gasteiger partial charge in [-0.2, -0.15) is 0 Å². The Balaban J connectivity index is 2.16. The summed E-state index contributed by atoms with van der Waals surface area (Å²) in [6.45, 7) is 3.62. The molecule has 0 aliphatic carbocycles. The molecule has 0 atom stereocenters. The van der Waals surface area contributed by atoms with Crippen molar-refractivity contribution in [2.24, 2.45) is 4.99 Å². The summed E-state index contributed by atoms with van der Waals surface area (Å²) in [5.41, 5.74) is 0.556. The lowest BCUT2D eigenvalue weighted by atomic mass is 10.1. The highest BCUT2D eigenvalue weighted by Crippen LogP contribution is 2.23. The molecule has 8 heteroatoms. The molecule has 0 unspecified atom stereocenters. The average Bonchev–Trinajstić information content (AvgIpc) is 2.60. The van der Waals surface area contributed by atoms with Gasteiger partial charge in [0.25, 0.3) is 5.56 Å². The normalized spacial score (nSPS) is 11.3. The summed E-state index contributed by atoms with van der Waals surface area (Å²) in [4.78, 5) is 30.6. The first kappa shape index (κ1) is 18.6. The molecule has 1 aromatic heterocycles. The topological polar surface area (TPSA) is 87.4 Å². The molecule has 0 bridgehead atoms.